The van der Waals surface area contributed by atoms with Crippen molar-refractivity contribution < 1.29 is 17.9 Å². The predicted octanol–water partition coefficient (Wildman–Crippen LogP) is 3.63. The lowest BCUT2D eigenvalue weighted by molar-refractivity contribution is 0.415. The van der Waals surface area contributed by atoms with E-state index >= 15 is 0 Å². The molecule has 1 aromatic heterocycles. The molecule has 1 heterocycles. The Labute approximate surface area is 129 Å². The molecule has 3 nitrogen and oxygen atoms in total. The van der Waals surface area contributed by atoms with Gasteiger partial charge in [0.1, 0.15) is 5.75 Å². The summed E-state index contributed by atoms with van der Waals surface area (Å²) in [5.74, 6) is -3.61. The summed E-state index contributed by atoms with van der Waals surface area (Å²) in [5.41, 5.74) is 0.281. The molecule has 0 amide bonds. The molecule has 0 fully saturated rings. The molecule has 0 aliphatic heterocycles. The monoisotopic (exact) mass is 319 g/mol. The number of hydrogen-bond acceptors (Lipinski definition) is 2. The quantitative estimate of drug-likeness (QED) is 0.676. The number of fused-ring (bicyclic) bond motifs is 1. The molecule has 23 heavy (non-hydrogen) atoms. The molecular weight excluding hydrogens is 307 g/mol. The lowest BCUT2D eigenvalue weighted by Gasteiger charge is -2.11. The maximum atomic E-state index is 13.5. The fraction of sp³-hybridized carbons (Fsp3) is 0.118. The first-order valence-electron chi connectivity index (χ1n) is 6.74. The van der Waals surface area contributed by atoms with Crippen molar-refractivity contribution in [2.45, 2.75) is 0 Å². The van der Waals surface area contributed by atoms with Crippen LogP contribution in [0.2, 0.25) is 0 Å². The number of halogens is 3. The van der Waals surface area contributed by atoms with Gasteiger partial charge in [-0.05, 0) is 35.9 Å². The van der Waals surface area contributed by atoms with Gasteiger partial charge in [0, 0.05) is 29.6 Å². The van der Waals surface area contributed by atoms with E-state index in [1.807, 2.05) is 0 Å². The highest BCUT2D eigenvalue weighted by Crippen LogP contribution is 2.31. The normalized spacial score (nSPS) is 11.0. The summed E-state index contributed by atoms with van der Waals surface area (Å²) < 4.78 is 46.7. The van der Waals surface area contributed by atoms with E-state index in [0.29, 0.717) is 22.1 Å². The summed E-state index contributed by atoms with van der Waals surface area (Å²) in [4.78, 5) is 12.2. The zero-order valence-corrected chi connectivity index (χ0v) is 12.4. The highest BCUT2D eigenvalue weighted by Gasteiger charge is 2.15. The van der Waals surface area contributed by atoms with E-state index in [-0.39, 0.29) is 11.1 Å². The molecule has 3 aromatic rings. The van der Waals surface area contributed by atoms with E-state index < -0.39 is 17.5 Å². The summed E-state index contributed by atoms with van der Waals surface area (Å²) in [5, 5.41) is 0.841. The first-order valence-corrected chi connectivity index (χ1v) is 6.74. The van der Waals surface area contributed by atoms with Gasteiger partial charge in [-0.1, -0.05) is 0 Å². The molecule has 0 radical (unpaired) electrons. The van der Waals surface area contributed by atoms with Gasteiger partial charge in [-0.2, -0.15) is 0 Å². The third-order valence-electron chi connectivity index (χ3n) is 3.69. The molecule has 118 valence electrons. The molecule has 6 heteroatoms. The van der Waals surface area contributed by atoms with Crippen LogP contribution in [0.4, 0.5) is 13.2 Å². The van der Waals surface area contributed by atoms with Crippen LogP contribution < -0.4 is 10.3 Å². The van der Waals surface area contributed by atoms with Crippen LogP contribution >= 0.6 is 0 Å². The van der Waals surface area contributed by atoms with E-state index in [1.165, 1.54) is 24.9 Å². The Morgan fingerprint density at radius 2 is 1.65 bits per heavy atom. The minimum absolute atomic E-state index is 0.134. The number of hydrogen-bond donors (Lipinski definition) is 0. The molecule has 3 rings (SSSR count). The Bertz CT molecular complexity index is 956. The van der Waals surface area contributed by atoms with Gasteiger partial charge in [0.2, 0.25) is 0 Å². The minimum Gasteiger partial charge on any atom is -0.497 e. The second-order valence-electron chi connectivity index (χ2n) is 5.12. The van der Waals surface area contributed by atoms with Crippen LogP contribution in [0.15, 0.2) is 41.3 Å². The van der Waals surface area contributed by atoms with Gasteiger partial charge in [-0.15, -0.1) is 0 Å². The molecule has 0 spiro atoms. The van der Waals surface area contributed by atoms with Crippen molar-refractivity contribution in [3.63, 3.8) is 0 Å². The third kappa shape index (κ3) is 2.46. The molecule has 0 atom stereocenters. The lowest BCUT2D eigenvalue weighted by Crippen LogP contribution is -2.16. The minimum atomic E-state index is -1.53. The third-order valence-corrected chi connectivity index (χ3v) is 3.69. The molecule has 0 unspecified atom stereocenters. The zero-order chi connectivity index (χ0) is 16.7. The summed E-state index contributed by atoms with van der Waals surface area (Å²) >= 11 is 0. The highest BCUT2D eigenvalue weighted by atomic mass is 19.2. The Kier molecular flexibility index (Phi) is 3.60. The first-order chi connectivity index (χ1) is 10.9. The number of aryl methyl sites for hydroxylation is 1. The second kappa shape index (κ2) is 5.46. The largest absolute Gasteiger partial charge is 0.497 e. The van der Waals surface area contributed by atoms with Crippen molar-refractivity contribution >= 4 is 10.8 Å². The number of ether oxygens (including phenoxy) is 1. The maximum absolute atomic E-state index is 13.5. The van der Waals surface area contributed by atoms with Crippen molar-refractivity contribution in [3.05, 3.63) is 64.3 Å². The van der Waals surface area contributed by atoms with Crippen LogP contribution in [0.1, 0.15) is 0 Å². The van der Waals surface area contributed by atoms with Crippen molar-refractivity contribution in [1.29, 1.82) is 0 Å². The Morgan fingerprint density at radius 3 is 2.26 bits per heavy atom. The second-order valence-corrected chi connectivity index (χ2v) is 5.12. The van der Waals surface area contributed by atoms with E-state index in [4.69, 9.17) is 4.74 Å². The van der Waals surface area contributed by atoms with Crippen LogP contribution in [0.25, 0.3) is 21.9 Å². The molecule has 0 N–H and O–H groups in total. The van der Waals surface area contributed by atoms with Crippen LogP contribution in [0.3, 0.4) is 0 Å². The van der Waals surface area contributed by atoms with Crippen LogP contribution in [0.5, 0.6) is 5.75 Å². The maximum Gasteiger partial charge on any atom is 0.258 e. The van der Waals surface area contributed by atoms with Gasteiger partial charge in [0.05, 0.1) is 7.11 Å². The lowest BCUT2D eigenvalue weighted by atomic mass is 10.00. The Morgan fingerprint density at radius 1 is 1.00 bits per heavy atom. The molecule has 0 aliphatic rings. The van der Waals surface area contributed by atoms with Crippen LogP contribution in [0, 0.1) is 17.5 Å². The number of pyridine rings is 1. The van der Waals surface area contributed by atoms with Gasteiger partial charge < -0.3 is 9.30 Å². The first kappa shape index (κ1) is 15.1. The van der Waals surface area contributed by atoms with Gasteiger partial charge in [-0.25, -0.2) is 13.2 Å². The zero-order valence-electron chi connectivity index (χ0n) is 12.4. The number of rotatable bonds is 2. The average Bonchev–Trinajstić information content (AvgIpc) is 2.55. The molecular formula is C17H12F3NO2. The summed E-state index contributed by atoms with van der Waals surface area (Å²) in [6.07, 6.45) is 1.45. The van der Waals surface area contributed by atoms with E-state index in [9.17, 15) is 18.0 Å². The fourth-order valence-corrected chi connectivity index (χ4v) is 2.51. The number of methoxy groups -OCH3 is 1. The molecule has 0 bridgehead atoms. The van der Waals surface area contributed by atoms with Crippen LogP contribution in [-0.2, 0) is 7.05 Å². The number of benzene rings is 2. The smallest absolute Gasteiger partial charge is 0.258 e. The van der Waals surface area contributed by atoms with Gasteiger partial charge in [-0.3, -0.25) is 4.79 Å². The van der Waals surface area contributed by atoms with Crippen molar-refractivity contribution in [1.82, 2.24) is 4.57 Å². The SMILES string of the molecule is COc1ccc2c(=O)n(C)cc(-c3cc(F)c(F)c(F)c3)c2c1. The van der Waals surface area contributed by atoms with Gasteiger partial charge in [0.25, 0.3) is 5.56 Å². The summed E-state index contributed by atoms with van der Waals surface area (Å²) in [6.45, 7) is 0. The van der Waals surface area contributed by atoms with Gasteiger partial charge in [0.15, 0.2) is 17.5 Å². The van der Waals surface area contributed by atoms with E-state index in [0.717, 1.165) is 12.1 Å². The number of aromatic nitrogens is 1. The van der Waals surface area contributed by atoms with E-state index in [1.54, 1.807) is 18.2 Å². The number of nitrogens with zero attached hydrogens (tertiary/aromatic N) is 1. The Balaban J connectivity index is 2.41. The molecule has 0 saturated carbocycles. The fourth-order valence-electron chi connectivity index (χ4n) is 2.51. The molecule has 0 aliphatic carbocycles. The van der Waals surface area contributed by atoms with E-state index in [2.05, 4.69) is 0 Å². The Hall–Kier alpha value is -2.76. The van der Waals surface area contributed by atoms with Crippen molar-refractivity contribution in [2.24, 2.45) is 7.05 Å². The van der Waals surface area contributed by atoms with Gasteiger partial charge >= 0.3 is 0 Å². The van der Waals surface area contributed by atoms with Crippen molar-refractivity contribution in [2.75, 3.05) is 7.11 Å². The standard InChI is InChI=1S/C17H12F3NO2/c1-21-8-13(9-5-14(18)16(20)15(19)6-9)12-7-10(23-2)3-4-11(12)17(21)22/h3-8H,1-2H3. The highest BCUT2D eigenvalue weighted by molar-refractivity contribution is 5.96. The van der Waals surface area contributed by atoms with Crippen molar-refractivity contribution in [3.8, 4) is 16.9 Å². The summed E-state index contributed by atoms with van der Waals surface area (Å²) in [7, 11) is 3.00. The average molecular weight is 319 g/mol. The van der Waals surface area contributed by atoms with Crippen LogP contribution in [-0.4, -0.2) is 11.7 Å². The topological polar surface area (TPSA) is 31.2 Å². The molecule has 0 saturated heterocycles. The summed E-state index contributed by atoms with van der Waals surface area (Å²) in [6, 6.07) is 6.61. The molecule has 2 aromatic carbocycles. The predicted molar refractivity (Wildman–Crippen MR) is 81.1 cm³/mol.